The number of unbranched alkanes of at least 4 members (excludes halogenated alkanes) is 2. The van der Waals surface area contributed by atoms with Crippen LogP contribution in [0.2, 0.25) is 0 Å². The van der Waals surface area contributed by atoms with Crippen LogP contribution in [0.25, 0.3) is 0 Å². The van der Waals surface area contributed by atoms with Gasteiger partial charge in [0.1, 0.15) is 0 Å². The smallest absolute Gasteiger partial charge is 0.214 e. The van der Waals surface area contributed by atoms with Crippen molar-refractivity contribution in [3.05, 3.63) is 60.7 Å². The van der Waals surface area contributed by atoms with Crippen molar-refractivity contribution in [2.24, 2.45) is 0 Å². The molecule has 0 heterocycles. The first-order valence-electron chi connectivity index (χ1n) is 5.81. The van der Waals surface area contributed by atoms with Gasteiger partial charge < -0.3 is 0 Å². The topological polar surface area (TPSA) is 0 Å². The Balaban J connectivity index is 0. The van der Waals surface area contributed by atoms with Crippen LogP contribution in [0, 0.1) is 0 Å². The third-order valence-corrected chi connectivity index (χ3v) is 2.12. The van der Waals surface area contributed by atoms with Crippen molar-refractivity contribution in [1.29, 1.82) is 0 Å². The minimum atomic E-state index is 0. The summed E-state index contributed by atoms with van der Waals surface area (Å²) in [4.78, 5) is 0. The monoisotopic (exact) mass is 284 g/mol. The zero-order valence-electron chi connectivity index (χ0n) is 10.5. The van der Waals surface area contributed by atoms with Crippen LogP contribution in [0.5, 0.6) is 0 Å². The van der Waals surface area contributed by atoms with E-state index in [1.54, 1.807) is 0 Å². The summed E-state index contributed by atoms with van der Waals surface area (Å²) < 4.78 is 0. The predicted octanol–water partition coefficient (Wildman–Crippen LogP) is 5.22. The second-order valence-corrected chi connectivity index (χ2v) is 3.70. The van der Waals surface area contributed by atoms with Crippen molar-refractivity contribution in [3.63, 3.8) is 0 Å². The van der Waals surface area contributed by atoms with Crippen LogP contribution in [0.4, 0.5) is 0 Å². The van der Waals surface area contributed by atoms with Crippen molar-refractivity contribution in [1.82, 2.24) is 0 Å². The van der Waals surface area contributed by atoms with Crippen LogP contribution >= 0.6 is 11.6 Å². The van der Waals surface area contributed by atoms with Crippen molar-refractivity contribution >= 4 is 11.6 Å². The van der Waals surface area contributed by atoms with Gasteiger partial charge in [-0.2, -0.15) is 36.4 Å². The fraction of sp³-hybridized carbons (Fsp3) is 0.333. The molecule has 0 spiro atoms. The van der Waals surface area contributed by atoms with Gasteiger partial charge in [0.25, 0.3) is 0 Å². The molecule has 2 aromatic carbocycles. The SMILES string of the molecule is CCCCCCl.[Ti+2].c1cc[cH-]c1.c1cc[cH-]c1. The van der Waals surface area contributed by atoms with E-state index < -0.39 is 0 Å². The van der Waals surface area contributed by atoms with Crippen LogP contribution < -0.4 is 0 Å². The second kappa shape index (κ2) is 18.1. The summed E-state index contributed by atoms with van der Waals surface area (Å²) in [5.41, 5.74) is 0. The summed E-state index contributed by atoms with van der Waals surface area (Å²) in [5, 5.41) is 0. The van der Waals surface area contributed by atoms with Crippen molar-refractivity contribution in [3.8, 4) is 0 Å². The fourth-order valence-corrected chi connectivity index (χ4v) is 1.17. The summed E-state index contributed by atoms with van der Waals surface area (Å²) >= 11 is 5.38. The third-order valence-electron chi connectivity index (χ3n) is 1.85. The zero-order chi connectivity index (χ0) is 11.9. The zero-order valence-corrected chi connectivity index (χ0v) is 12.8. The maximum Gasteiger partial charge on any atom is 2.00 e. The fourth-order valence-electron chi connectivity index (χ4n) is 0.986. The Bertz CT molecular complexity index is 196. The molecule has 0 amide bonds. The van der Waals surface area contributed by atoms with E-state index in [4.69, 9.17) is 11.6 Å². The van der Waals surface area contributed by atoms with Gasteiger partial charge in [-0.05, 0) is 6.42 Å². The second-order valence-electron chi connectivity index (χ2n) is 3.32. The summed E-state index contributed by atoms with van der Waals surface area (Å²) in [5.74, 6) is 0.827. The van der Waals surface area contributed by atoms with Crippen molar-refractivity contribution in [2.75, 3.05) is 5.88 Å². The predicted molar refractivity (Wildman–Crippen MR) is 74.3 cm³/mol. The maximum absolute atomic E-state index is 5.38. The molecule has 17 heavy (non-hydrogen) atoms. The first kappa shape index (κ1) is 19.1. The van der Waals surface area contributed by atoms with E-state index in [-0.39, 0.29) is 21.7 Å². The largest absolute Gasteiger partial charge is 2.00 e. The molecular formula is C15H21ClTi. The first-order valence-corrected chi connectivity index (χ1v) is 6.34. The molecule has 92 valence electrons. The van der Waals surface area contributed by atoms with Gasteiger partial charge in [0, 0.05) is 5.88 Å². The maximum atomic E-state index is 5.38. The third kappa shape index (κ3) is 18.3. The Hall–Kier alpha value is -0.296. The molecule has 0 fully saturated rings. The Kier molecular flexibility index (Phi) is 20.3. The minimum Gasteiger partial charge on any atom is -0.214 e. The molecule has 0 aliphatic rings. The molecule has 0 bridgehead atoms. The molecule has 0 N–H and O–H groups in total. The summed E-state index contributed by atoms with van der Waals surface area (Å²) in [6, 6.07) is 20.0. The Morgan fingerprint density at radius 2 is 1.24 bits per heavy atom. The van der Waals surface area contributed by atoms with Crippen LogP contribution in [0.15, 0.2) is 60.7 Å². The molecule has 0 saturated carbocycles. The molecule has 0 nitrogen and oxygen atoms in total. The molecule has 2 heteroatoms. The van der Waals surface area contributed by atoms with Crippen LogP contribution in [0.1, 0.15) is 26.2 Å². The average molecular weight is 285 g/mol. The van der Waals surface area contributed by atoms with Gasteiger partial charge in [-0.15, -0.1) is 11.6 Å². The van der Waals surface area contributed by atoms with E-state index in [9.17, 15) is 0 Å². The van der Waals surface area contributed by atoms with Gasteiger partial charge in [-0.1, -0.05) is 19.8 Å². The van der Waals surface area contributed by atoms with Gasteiger partial charge in [0.2, 0.25) is 0 Å². The van der Waals surface area contributed by atoms with Gasteiger partial charge in [-0.25, -0.2) is 24.3 Å². The van der Waals surface area contributed by atoms with Gasteiger partial charge in [0.05, 0.1) is 0 Å². The van der Waals surface area contributed by atoms with E-state index in [1.165, 1.54) is 19.3 Å². The standard InChI is InChI=1S/C5H11Cl.2C5H5.Ti/c1-2-3-4-5-6;2*1-2-4-5-3-1;/h2-5H2,1H3;2*1-5H;/q;2*-1;+2. The van der Waals surface area contributed by atoms with Gasteiger partial charge >= 0.3 is 21.7 Å². The molecule has 0 aliphatic carbocycles. The van der Waals surface area contributed by atoms with E-state index in [2.05, 4.69) is 6.92 Å². The number of halogens is 1. The summed E-state index contributed by atoms with van der Waals surface area (Å²) in [6.45, 7) is 2.17. The molecule has 0 saturated heterocycles. The first-order chi connectivity index (χ1) is 7.91. The molecule has 0 atom stereocenters. The summed E-state index contributed by atoms with van der Waals surface area (Å²) in [7, 11) is 0. The van der Waals surface area contributed by atoms with E-state index >= 15 is 0 Å². The minimum absolute atomic E-state index is 0. The molecule has 2 rings (SSSR count). The Morgan fingerprint density at radius 1 is 0.824 bits per heavy atom. The normalized spacial score (nSPS) is 7.88. The Morgan fingerprint density at radius 3 is 1.35 bits per heavy atom. The number of hydrogen-bond donors (Lipinski definition) is 0. The molecule has 2 aromatic rings. The van der Waals surface area contributed by atoms with E-state index in [1.807, 2.05) is 60.7 Å². The van der Waals surface area contributed by atoms with Crippen LogP contribution in [-0.2, 0) is 21.7 Å². The molecule has 0 aromatic heterocycles. The number of alkyl halides is 1. The average Bonchev–Trinajstić information content (AvgIpc) is 3.00. The molecule has 0 radical (unpaired) electrons. The van der Waals surface area contributed by atoms with Crippen LogP contribution in [-0.4, -0.2) is 5.88 Å². The summed E-state index contributed by atoms with van der Waals surface area (Å²) in [6.07, 6.45) is 3.73. The quantitative estimate of drug-likeness (QED) is 0.313. The van der Waals surface area contributed by atoms with Crippen molar-refractivity contribution < 1.29 is 21.7 Å². The number of hydrogen-bond acceptors (Lipinski definition) is 0. The van der Waals surface area contributed by atoms with Crippen molar-refractivity contribution in [2.45, 2.75) is 26.2 Å². The number of rotatable bonds is 3. The molecule has 0 unspecified atom stereocenters. The van der Waals surface area contributed by atoms with Gasteiger partial charge in [-0.3, -0.25) is 0 Å². The van der Waals surface area contributed by atoms with E-state index in [0.717, 1.165) is 5.88 Å². The Labute approximate surface area is 126 Å². The molecular weight excluding hydrogens is 263 g/mol. The van der Waals surface area contributed by atoms with Gasteiger partial charge in [0.15, 0.2) is 0 Å². The van der Waals surface area contributed by atoms with Crippen LogP contribution in [0.3, 0.4) is 0 Å². The molecule has 0 aliphatic heterocycles. The van der Waals surface area contributed by atoms with E-state index in [0.29, 0.717) is 0 Å².